The first-order valence-corrected chi connectivity index (χ1v) is 5.56. The average Bonchev–Trinajstić information content (AvgIpc) is 2.46. The third-order valence-electron chi connectivity index (χ3n) is 2.57. The molecule has 0 aliphatic heterocycles. The minimum Gasteiger partial charge on any atom is -0.376 e. The summed E-state index contributed by atoms with van der Waals surface area (Å²) in [6.45, 7) is 1.35. The number of hydrogen-bond acceptors (Lipinski definition) is 3. The van der Waals surface area contributed by atoms with Crippen molar-refractivity contribution < 1.29 is 14.3 Å². The van der Waals surface area contributed by atoms with Gasteiger partial charge in [-0.05, 0) is 12.8 Å². The Kier molecular flexibility index (Phi) is 6.62. The Bertz CT molecular complexity index is 139. The molecule has 0 radical (unpaired) electrons. The lowest BCUT2D eigenvalue weighted by Gasteiger charge is -2.14. The lowest BCUT2D eigenvalue weighted by molar-refractivity contribution is -0.112. The molecule has 0 spiro atoms. The highest BCUT2D eigenvalue weighted by atomic mass is 16.5. The molecule has 1 aliphatic carbocycles. The second-order valence-electron chi connectivity index (χ2n) is 3.73. The third kappa shape index (κ3) is 5.35. The quantitative estimate of drug-likeness (QED) is 0.373. The number of carbonyl (C=O) groups is 1. The molecule has 3 heteroatoms. The maximum absolute atomic E-state index is 9.95. The van der Waals surface area contributed by atoms with E-state index in [4.69, 9.17) is 9.47 Å². The van der Waals surface area contributed by atoms with E-state index in [0.717, 1.165) is 6.29 Å². The van der Waals surface area contributed by atoms with Crippen LogP contribution in [0, 0.1) is 0 Å². The second kappa shape index (κ2) is 7.94. The Hall–Kier alpha value is -0.410. The van der Waals surface area contributed by atoms with E-state index in [1.54, 1.807) is 0 Å². The molecule has 0 N–H and O–H groups in total. The van der Waals surface area contributed by atoms with E-state index < -0.39 is 0 Å². The van der Waals surface area contributed by atoms with Gasteiger partial charge in [0.05, 0.1) is 19.3 Å². The predicted molar refractivity (Wildman–Crippen MR) is 54.3 cm³/mol. The Balaban J connectivity index is 1.96. The van der Waals surface area contributed by atoms with E-state index >= 15 is 0 Å². The molecule has 0 saturated heterocycles. The van der Waals surface area contributed by atoms with Crippen LogP contribution in [0.25, 0.3) is 0 Å². The van der Waals surface area contributed by atoms with Crippen LogP contribution in [0.15, 0.2) is 0 Å². The largest absolute Gasteiger partial charge is 0.376 e. The van der Waals surface area contributed by atoms with Crippen LogP contribution >= 0.6 is 0 Å². The molecule has 1 aliphatic rings. The van der Waals surface area contributed by atoms with Crippen LogP contribution in [0.1, 0.15) is 38.5 Å². The third-order valence-corrected chi connectivity index (χ3v) is 2.57. The summed E-state index contributed by atoms with van der Waals surface area (Å²) in [5, 5.41) is 0. The van der Waals surface area contributed by atoms with Crippen molar-refractivity contribution >= 4 is 6.29 Å². The first kappa shape index (κ1) is 11.7. The van der Waals surface area contributed by atoms with Gasteiger partial charge in [0.2, 0.25) is 0 Å². The van der Waals surface area contributed by atoms with Crippen LogP contribution in [0.4, 0.5) is 0 Å². The summed E-state index contributed by atoms with van der Waals surface area (Å²) in [5.74, 6) is 0. The van der Waals surface area contributed by atoms with Gasteiger partial charge in [-0.3, -0.25) is 0 Å². The molecule has 14 heavy (non-hydrogen) atoms. The van der Waals surface area contributed by atoms with Gasteiger partial charge >= 0.3 is 0 Å². The molecular formula is C11H20O3. The lowest BCUT2D eigenvalue weighted by atomic mass is 10.1. The van der Waals surface area contributed by atoms with Crippen molar-refractivity contribution in [3.63, 3.8) is 0 Å². The summed E-state index contributed by atoms with van der Waals surface area (Å²) in [6, 6.07) is 0. The first-order chi connectivity index (χ1) is 6.93. The van der Waals surface area contributed by atoms with Crippen LogP contribution in [0.2, 0.25) is 0 Å². The van der Waals surface area contributed by atoms with E-state index in [2.05, 4.69) is 0 Å². The van der Waals surface area contributed by atoms with E-state index in [9.17, 15) is 4.79 Å². The minimum absolute atomic E-state index is 0.189. The van der Waals surface area contributed by atoms with E-state index in [0.29, 0.717) is 19.3 Å². The fraction of sp³-hybridized carbons (Fsp3) is 0.909. The van der Waals surface area contributed by atoms with Gasteiger partial charge < -0.3 is 14.3 Å². The maximum atomic E-state index is 9.95. The Morgan fingerprint density at radius 2 is 1.79 bits per heavy atom. The molecule has 0 aromatic rings. The SMILES string of the molecule is O=CCOCCOC1CCCCCC1. The van der Waals surface area contributed by atoms with Gasteiger partial charge in [0.15, 0.2) is 0 Å². The highest BCUT2D eigenvalue weighted by Gasteiger charge is 2.11. The van der Waals surface area contributed by atoms with Crippen LogP contribution in [-0.2, 0) is 14.3 Å². The zero-order valence-corrected chi connectivity index (χ0v) is 8.74. The Labute approximate surface area is 85.8 Å². The zero-order chi connectivity index (χ0) is 10.1. The molecule has 82 valence electrons. The summed E-state index contributed by atoms with van der Waals surface area (Å²) in [7, 11) is 0. The molecule has 0 unspecified atom stereocenters. The van der Waals surface area contributed by atoms with E-state index in [1.165, 1.54) is 38.5 Å². The Morgan fingerprint density at radius 3 is 2.43 bits per heavy atom. The van der Waals surface area contributed by atoms with E-state index in [-0.39, 0.29) is 6.61 Å². The summed E-state index contributed by atoms with van der Waals surface area (Å²) in [6.07, 6.45) is 8.85. The van der Waals surface area contributed by atoms with Gasteiger partial charge in [-0.15, -0.1) is 0 Å². The minimum atomic E-state index is 0.189. The molecule has 1 saturated carbocycles. The highest BCUT2D eigenvalue weighted by Crippen LogP contribution is 2.19. The van der Waals surface area contributed by atoms with Crippen LogP contribution in [-0.4, -0.2) is 32.2 Å². The topological polar surface area (TPSA) is 35.5 Å². The first-order valence-electron chi connectivity index (χ1n) is 5.56. The number of rotatable bonds is 6. The highest BCUT2D eigenvalue weighted by molar-refractivity contribution is 5.50. The molecule has 0 aromatic carbocycles. The monoisotopic (exact) mass is 200 g/mol. The normalized spacial score (nSPS) is 19.1. The molecule has 1 fully saturated rings. The van der Waals surface area contributed by atoms with Gasteiger partial charge in [0.25, 0.3) is 0 Å². The second-order valence-corrected chi connectivity index (χ2v) is 3.73. The Morgan fingerprint density at radius 1 is 1.07 bits per heavy atom. The van der Waals surface area contributed by atoms with Gasteiger partial charge in [0, 0.05) is 0 Å². The van der Waals surface area contributed by atoms with Crippen molar-refractivity contribution in [2.75, 3.05) is 19.8 Å². The molecule has 0 heterocycles. The fourth-order valence-electron chi connectivity index (χ4n) is 1.81. The molecule has 0 bridgehead atoms. The number of hydrogen-bond donors (Lipinski definition) is 0. The zero-order valence-electron chi connectivity index (χ0n) is 8.74. The summed E-state index contributed by atoms with van der Waals surface area (Å²) >= 11 is 0. The molecule has 1 rings (SSSR count). The molecular weight excluding hydrogens is 180 g/mol. The van der Waals surface area contributed by atoms with Gasteiger partial charge in [-0.2, -0.15) is 0 Å². The fourth-order valence-corrected chi connectivity index (χ4v) is 1.81. The van der Waals surface area contributed by atoms with Crippen molar-refractivity contribution in [2.24, 2.45) is 0 Å². The predicted octanol–water partition coefficient (Wildman–Crippen LogP) is 1.94. The lowest BCUT2D eigenvalue weighted by Crippen LogP contribution is -2.15. The number of carbonyl (C=O) groups excluding carboxylic acids is 1. The number of ether oxygens (including phenoxy) is 2. The van der Waals surface area contributed by atoms with E-state index in [1.807, 2.05) is 0 Å². The summed E-state index contributed by atoms with van der Waals surface area (Å²) < 4.78 is 10.7. The molecule has 0 atom stereocenters. The number of aldehydes is 1. The van der Waals surface area contributed by atoms with Crippen molar-refractivity contribution in [2.45, 2.75) is 44.6 Å². The summed E-state index contributed by atoms with van der Waals surface area (Å²) in [5.41, 5.74) is 0. The van der Waals surface area contributed by atoms with Crippen molar-refractivity contribution in [3.05, 3.63) is 0 Å². The average molecular weight is 200 g/mol. The van der Waals surface area contributed by atoms with Crippen molar-refractivity contribution in [3.8, 4) is 0 Å². The van der Waals surface area contributed by atoms with Gasteiger partial charge in [-0.1, -0.05) is 25.7 Å². The van der Waals surface area contributed by atoms with Gasteiger partial charge in [0.1, 0.15) is 12.9 Å². The van der Waals surface area contributed by atoms with Crippen LogP contribution < -0.4 is 0 Å². The standard InChI is InChI=1S/C11H20O3/c12-7-8-13-9-10-14-11-5-3-1-2-4-6-11/h7,11H,1-6,8-10H2. The van der Waals surface area contributed by atoms with Gasteiger partial charge in [-0.25, -0.2) is 0 Å². The maximum Gasteiger partial charge on any atom is 0.145 e. The molecule has 0 aromatic heterocycles. The van der Waals surface area contributed by atoms with Crippen molar-refractivity contribution in [1.82, 2.24) is 0 Å². The molecule has 3 nitrogen and oxygen atoms in total. The van der Waals surface area contributed by atoms with Crippen LogP contribution in [0.5, 0.6) is 0 Å². The van der Waals surface area contributed by atoms with Crippen molar-refractivity contribution in [1.29, 1.82) is 0 Å². The summed E-state index contributed by atoms with van der Waals surface area (Å²) in [4.78, 5) is 9.95. The molecule has 0 amide bonds. The van der Waals surface area contributed by atoms with Crippen LogP contribution in [0.3, 0.4) is 0 Å². The smallest absolute Gasteiger partial charge is 0.145 e.